The molecule has 0 aliphatic carbocycles. The molecule has 232 valence electrons. The zero-order valence-corrected chi connectivity index (χ0v) is 27.9. The van der Waals surface area contributed by atoms with Crippen molar-refractivity contribution in [1.29, 1.82) is 0 Å². The van der Waals surface area contributed by atoms with Gasteiger partial charge in [-0.25, -0.2) is 33.7 Å². The lowest BCUT2D eigenvalue weighted by atomic mass is 9.99. The van der Waals surface area contributed by atoms with Gasteiger partial charge in [-0.2, -0.15) is 0 Å². The fourth-order valence-corrected chi connectivity index (χ4v) is 16.9. The third-order valence-corrected chi connectivity index (χ3v) is 18.1. The maximum Gasteiger partial charge on any atom is 0.278 e. The van der Waals surface area contributed by atoms with Crippen molar-refractivity contribution in [2.75, 3.05) is 28.8 Å². The van der Waals surface area contributed by atoms with Crippen molar-refractivity contribution in [1.82, 2.24) is 0 Å². The first-order valence-electron chi connectivity index (χ1n) is 12.9. The van der Waals surface area contributed by atoms with E-state index in [-0.39, 0.29) is 0 Å². The van der Waals surface area contributed by atoms with Gasteiger partial charge in [0.2, 0.25) is 0 Å². The van der Waals surface area contributed by atoms with E-state index < -0.39 is 76.9 Å². The van der Waals surface area contributed by atoms with Crippen molar-refractivity contribution in [2.45, 2.75) is 45.0 Å². The average Bonchev–Trinajstić information content (AvgIpc) is 2.84. The van der Waals surface area contributed by atoms with Gasteiger partial charge in [0.05, 0.1) is 28.8 Å². The molecule has 0 fully saturated rings. The Morgan fingerprint density at radius 3 is 0.976 bits per heavy atom. The van der Waals surface area contributed by atoms with E-state index in [0.29, 0.717) is 0 Å². The second kappa shape index (κ2) is 17.0. The predicted molar refractivity (Wildman–Crippen MR) is 172 cm³/mol. The van der Waals surface area contributed by atoms with Gasteiger partial charge in [-0.3, -0.25) is 0 Å². The van der Waals surface area contributed by atoms with E-state index in [4.69, 9.17) is 0 Å². The molecule has 0 unspecified atom stereocenters. The molecular formula is C29H44O8S4. The first kappa shape index (κ1) is 38.7. The van der Waals surface area contributed by atoms with Gasteiger partial charge in [-0.15, -0.1) is 0 Å². The maximum atomic E-state index is 14.2. The van der Waals surface area contributed by atoms with E-state index in [2.05, 4.69) is 0 Å². The minimum absolute atomic E-state index is 0.541. The minimum Gasteiger partial charge on any atom is -0.228 e. The van der Waals surface area contributed by atoms with E-state index in [1.54, 1.807) is 58.1 Å². The monoisotopic (exact) mass is 648 g/mol. The number of rotatable bonds is 18. The van der Waals surface area contributed by atoms with Crippen molar-refractivity contribution in [2.24, 2.45) is 5.41 Å². The molecule has 0 aromatic heterocycles. The molecule has 0 amide bonds. The second-order valence-corrected chi connectivity index (χ2v) is 19.1. The van der Waals surface area contributed by atoms with Crippen LogP contribution in [0.5, 0.6) is 0 Å². The Balaban J connectivity index is 7.81. The van der Waals surface area contributed by atoms with Crippen molar-refractivity contribution in [3.05, 3.63) is 97.2 Å². The summed E-state index contributed by atoms with van der Waals surface area (Å²) in [5.41, 5.74) is -2.33. The smallest absolute Gasteiger partial charge is 0.228 e. The van der Waals surface area contributed by atoms with E-state index in [1.807, 2.05) is 0 Å². The van der Waals surface area contributed by atoms with E-state index >= 15 is 0 Å². The lowest BCUT2D eigenvalue weighted by Gasteiger charge is -2.43. The third-order valence-electron chi connectivity index (χ3n) is 5.69. The molecule has 0 aliphatic rings. The molecule has 0 rings (SSSR count). The average molecular weight is 649 g/mol. The zero-order chi connectivity index (χ0) is 31.8. The van der Waals surface area contributed by atoms with Crippen LogP contribution < -0.4 is 0 Å². The largest absolute Gasteiger partial charge is 0.278 e. The Kier molecular flexibility index (Phi) is 16.0. The fraction of sp³-hybridized carbons (Fsp3) is 0.448. The summed E-state index contributed by atoms with van der Waals surface area (Å²) in [4.78, 5) is 0. The second-order valence-electron chi connectivity index (χ2n) is 9.65. The van der Waals surface area contributed by atoms with Crippen molar-refractivity contribution in [3.8, 4) is 0 Å². The highest BCUT2D eigenvalue weighted by molar-refractivity contribution is 8.26. The van der Waals surface area contributed by atoms with Crippen LogP contribution in [0.1, 0.15) is 41.5 Å². The first-order valence-corrected chi connectivity index (χ1v) is 19.7. The van der Waals surface area contributed by atoms with Gasteiger partial charge in [0.25, 0.3) is 3.41 Å². The molecule has 0 aromatic carbocycles. The lowest BCUT2D eigenvalue weighted by Crippen LogP contribution is -2.65. The molecule has 0 atom stereocenters. The summed E-state index contributed by atoms with van der Waals surface area (Å²) in [6, 6.07) is 0. The van der Waals surface area contributed by atoms with Crippen LogP contribution in [-0.4, -0.2) is 65.8 Å². The molecule has 0 saturated heterocycles. The molecule has 0 spiro atoms. The number of allylic oxidation sites excluding steroid dienone is 12. The molecule has 41 heavy (non-hydrogen) atoms. The fourth-order valence-electron chi connectivity index (χ4n) is 4.38. The highest BCUT2D eigenvalue weighted by Crippen LogP contribution is 2.49. The Bertz CT molecular complexity index is 1380. The van der Waals surface area contributed by atoms with Crippen LogP contribution in [0.25, 0.3) is 0 Å². The van der Waals surface area contributed by atoms with Crippen molar-refractivity contribution in [3.63, 3.8) is 0 Å². The molecule has 0 heterocycles. The molecular weight excluding hydrogens is 605 g/mol. The van der Waals surface area contributed by atoms with Crippen LogP contribution in [0.4, 0.5) is 0 Å². The SMILES string of the molecule is CC=CC=CCS(=O)(=O)CC(C)(C)C(S(=O)(=O)CC=CC=CC)(S(=O)(=O)CC=CC=CC)S(=O)(=O)CC=CC=CC. The number of hydrogen-bond donors (Lipinski definition) is 0. The number of sulfone groups is 4. The molecule has 0 N–H and O–H groups in total. The lowest BCUT2D eigenvalue weighted by molar-refractivity contribution is 0.389. The standard InChI is InChI=1S/C29H44O8S4/c1-7-11-15-19-23-38(30,31)27-28(5,6)29(39(32,33)24-20-16-12-8-2,40(34,35)25-21-17-13-9-3)41(36,37)26-22-18-14-10-4/h7-22H,23-27H2,1-6H3. The quantitative estimate of drug-likeness (QED) is 0.192. The summed E-state index contributed by atoms with van der Waals surface area (Å²) in [5, 5.41) is 0. The highest BCUT2D eigenvalue weighted by atomic mass is 32.3. The van der Waals surface area contributed by atoms with Gasteiger partial charge in [-0.05, 0) is 27.7 Å². The molecule has 0 aromatic rings. The van der Waals surface area contributed by atoms with Crippen molar-refractivity contribution < 1.29 is 33.7 Å². The van der Waals surface area contributed by atoms with Gasteiger partial charge in [-0.1, -0.05) is 111 Å². The van der Waals surface area contributed by atoms with Gasteiger partial charge >= 0.3 is 0 Å². The van der Waals surface area contributed by atoms with Crippen LogP contribution in [-0.2, 0) is 39.3 Å². The first-order chi connectivity index (χ1) is 18.9. The van der Waals surface area contributed by atoms with Crippen LogP contribution in [0.3, 0.4) is 0 Å². The maximum absolute atomic E-state index is 14.2. The molecule has 12 heteroatoms. The van der Waals surface area contributed by atoms with E-state index in [0.717, 1.165) is 32.1 Å². The Morgan fingerprint density at radius 1 is 0.439 bits per heavy atom. The van der Waals surface area contributed by atoms with E-state index in [9.17, 15) is 33.7 Å². The predicted octanol–water partition coefficient (Wildman–Crippen LogP) is 4.85. The Morgan fingerprint density at radius 2 is 0.707 bits per heavy atom. The van der Waals surface area contributed by atoms with Crippen LogP contribution >= 0.6 is 0 Å². The Labute approximate surface area is 248 Å². The van der Waals surface area contributed by atoms with Gasteiger partial charge in [0, 0.05) is 5.41 Å². The molecule has 0 bridgehead atoms. The minimum atomic E-state index is -5.12. The molecule has 8 nitrogen and oxygen atoms in total. The molecule has 0 radical (unpaired) electrons. The van der Waals surface area contributed by atoms with Gasteiger partial charge in [0.15, 0.2) is 39.3 Å². The van der Waals surface area contributed by atoms with Crippen LogP contribution in [0, 0.1) is 5.41 Å². The summed E-state index contributed by atoms with van der Waals surface area (Å²) in [6.45, 7) is 8.94. The van der Waals surface area contributed by atoms with E-state index in [1.165, 1.54) is 48.6 Å². The van der Waals surface area contributed by atoms with Crippen molar-refractivity contribution >= 4 is 39.3 Å². The third kappa shape index (κ3) is 10.5. The van der Waals surface area contributed by atoms with Gasteiger partial charge < -0.3 is 0 Å². The zero-order valence-electron chi connectivity index (χ0n) is 24.7. The summed E-state index contributed by atoms with van der Waals surface area (Å²) < 4.78 is 108. The summed E-state index contributed by atoms with van der Waals surface area (Å²) in [6.07, 6.45) is 22.9. The van der Waals surface area contributed by atoms with Gasteiger partial charge in [0.1, 0.15) is 0 Å². The topological polar surface area (TPSA) is 137 Å². The molecule has 0 aliphatic heterocycles. The van der Waals surface area contributed by atoms with Crippen LogP contribution in [0.15, 0.2) is 97.2 Å². The summed E-state index contributed by atoms with van der Waals surface area (Å²) >= 11 is 0. The highest BCUT2D eigenvalue weighted by Gasteiger charge is 2.71. The number of hydrogen-bond acceptors (Lipinski definition) is 8. The summed E-state index contributed by atoms with van der Waals surface area (Å²) in [7, 11) is -19.5. The normalized spacial score (nSPS) is 16.7. The van der Waals surface area contributed by atoms with Crippen LogP contribution in [0.2, 0.25) is 0 Å². The summed E-state index contributed by atoms with van der Waals surface area (Å²) in [5.74, 6) is -4.40. The Hall–Kier alpha value is -2.28. The molecule has 0 saturated carbocycles.